The van der Waals surface area contributed by atoms with E-state index in [9.17, 15) is 4.79 Å². The summed E-state index contributed by atoms with van der Waals surface area (Å²) in [5.74, 6) is 0.252. The number of hydrogen-bond acceptors (Lipinski definition) is 5. The molecule has 0 saturated carbocycles. The minimum atomic E-state index is -0.352. The summed E-state index contributed by atoms with van der Waals surface area (Å²) in [4.78, 5) is 15.4. The smallest absolute Gasteiger partial charge is 0.293 e. The van der Waals surface area contributed by atoms with Gasteiger partial charge in [0.1, 0.15) is 5.82 Å². The van der Waals surface area contributed by atoms with Crippen molar-refractivity contribution in [1.29, 1.82) is 0 Å². The molecule has 0 aliphatic rings. The predicted octanol–water partition coefficient (Wildman–Crippen LogP) is 2.33. The highest BCUT2D eigenvalue weighted by Gasteiger charge is 2.11. The zero-order valence-corrected chi connectivity index (χ0v) is 9.76. The summed E-state index contributed by atoms with van der Waals surface area (Å²) >= 11 is 4.37. The van der Waals surface area contributed by atoms with Crippen molar-refractivity contribution >= 4 is 44.1 Å². The Balaban J connectivity index is 2.10. The second-order valence-electron chi connectivity index (χ2n) is 2.64. The van der Waals surface area contributed by atoms with E-state index in [4.69, 9.17) is 10.2 Å². The summed E-state index contributed by atoms with van der Waals surface area (Å²) in [7, 11) is 0. The lowest BCUT2D eigenvalue weighted by Gasteiger charge is -1.96. The molecule has 15 heavy (non-hydrogen) atoms. The van der Waals surface area contributed by atoms with E-state index in [1.165, 1.54) is 11.3 Å². The van der Waals surface area contributed by atoms with Gasteiger partial charge in [0.15, 0.2) is 15.6 Å². The highest BCUT2D eigenvalue weighted by molar-refractivity contribution is 9.10. The van der Waals surface area contributed by atoms with E-state index in [2.05, 4.69) is 26.2 Å². The number of nitrogens with zero attached hydrogens (tertiary/aromatic N) is 1. The minimum absolute atomic E-state index is 0.218. The topological polar surface area (TPSA) is 81.1 Å². The maximum atomic E-state index is 11.5. The van der Waals surface area contributed by atoms with Crippen LogP contribution in [0.15, 0.2) is 26.6 Å². The largest absolute Gasteiger partial charge is 0.444 e. The van der Waals surface area contributed by atoms with Gasteiger partial charge in [-0.25, -0.2) is 4.98 Å². The molecule has 0 unspecified atom stereocenters. The maximum absolute atomic E-state index is 11.5. The van der Waals surface area contributed by atoms with E-state index in [1.807, 2.05) is 0 Å². The third kappa shape index (κ3) is 2.37. The van der Waals surface area contributed by atoms with Crippen LogP contribution < -0.4 is 11.1 Å². The van der Waals surface area contributed by atoms with E-state index in [0.717, 1.165) is 0 Å². The van der Waals surface area contributed by atoms with E-state index in [0.29, 0.717) is 15.6 Å². The molecule has 2 aromatic heterocycles. The second-order valence-corrected chi connectivity index (χ2v) is 4.28. The lowest BCUT2D eigenvalue weighted by molar-refractivity contribution is 0.0995. The lowest BCUT2D eigenvalue weighted by atomic mass is 10.4. The fourth-order valence-electron chi connectivity index (χ4n) is 0.939. The number of rotatable bonds is 2. The van der Waals surface area contributed by atoms with Crippen LogP contribution in [0.4, 0.5) is 10.9 Å². The van der Waals surface area contributed by atoms with E-state index in [1.54, 1.807) is 17.5 Å². The molecule has 0 fully saturated rings. The Kier molecular flexibility index (Phi) is 2.74. The number of nitrogens with two attached hydrogens (primary N) is 1. The molecule has 78 valence electrons. The Morgan fingerprint density at radius 2 is 2.40 bits per heavy atom. The van der Waals surface area contributed by atoms with Crippen molar-refractivity contribution in [3.63, 3.8) is 0 Å². The first-order valence-electron chi connectivity index (χ1n) is 3.93. The Morgan fingerprint density at radius 1 is 1.60 bits per heavy atom. The van der Waals surface area contributed by atoms with Crippen LogP contribution in [0.3, 0.4) is 0 Å². The maximum Gasteiger partial charge on any atom is 0.293 e. The van der Waals surface area contributed by atoms with E-state index in [-0.39, 0.29) is 11.7 Å². The van der Waals surface area contributed by atoms with Gasteiger partial charge >= 0.3 is 0 Å². The van der Waals surface area contributed by atoms with Gasteiger partial charge in [0.05, 0.1) is 0 Å². The van der Waals surface area contributed by atoms with Crippen LogP contribution in [0.2, 0.25) is 0 Å². The average molecular weight is 288 g/mol. The first kappa shape index (κ1) is 10.2. The number of hydrogen-bond donors (Lipinski definition) is 2. The van der Waals surface area contributed by atoms with Crippen LogP contribution in [0.5, 0.6) is 0 Å². The molecule has 2 heterocycles. The molecular weight excluding hydrogens is 282 g/mol. The van der Waals surface area contributed by atoms with Crippen LogP contribution in [0, 0.1) is 0 Å². The summed E-state index contributed by atoms with van der Waals surface area (Å²) in [5.41, 5.74) is 5.41. The lowest BCUT2D eigenvalue weighted by Crippen LogP contribution is -2.10. The molecule has 0 bridgehead atoms. The number of anilines is 2. The molecule has 0 spiro atoms. The Hall–Kier alpha value is -1.34. The molecule has 2 aromatic rings. The van der Waals surface area contributed by atoms with Gasteiger partial charge in [0, 0.05) is 5.38 Å². The Labute approximate surface area is 97.4 Å². The number of furan rings is 1. The summed E-state index contributed by atoms with van der Waals surface area (Å²) in [6.45, 7) is 0. The van der Waals surface area contributed by atoms with Crippen molar-refractivity contribution in [3.8, 4) is 0 Å². The van der Waals surface area contributed by atoms with Gasteiger partial charge in [-0.15, -0.1) is 11.3 Å². The fourth-order valence-corrected chi connectivity index (χ4v) is 1.84. The van der Waals surface area contributed by atoms with Crippen molar-refractivity contribution in [1.82, 2.24) is 4.98 Å². The number of amides is 1. The van der Waals surface area contributed by atoms with Crippen molar-refractivity contribution in [2.45, 2.75) is 0 Å². The summed E-state index contributed by atoms with van der Waals surface area (Å²) in [6, 6.07) is 3.21. The van der Waals surface area contributed by atoms with Crippen LogP contribution in [0.25, 0.3) is 0 Å². The monoisotopic (exact) mass is 287 g/mol. The Bertz CT molecular complexity index is 494. The molecule has 2 rings (SSSR count). The van der Waals surface area contributed by atoms with Crippen LogP contribution in [-0.2, 0) is 0 Å². The van der Waals surface area contributed by atoms with Gasteiger partial charge in [-0.2, -0.15) is 0 Å². The minimum Gasteiger partial charge on any atom is -0.444 e. The molecule has 0 radical (unpaired) electrons. The Morgan fingerprint density at radius 3 is 2.93 bits per heavy atom. The third-order valence-corrected chi connectivity index (χ3v) is 2.74. The molecule has 0 aliphatic carbocycles. The van der Waals surface area contributed by atoms with Gasteiger partial charge in [0.25, 0.3) is 5.91 Å². The van der Waals surface area contributed by atoms with Gasteiger partial charge in [-0.05, 0) is 28.1 Å². The number of carbonyl (C=O) groups excluding carboxylic acids is 1. The first-order chi connectivity index (χ1) is 7.15. The van der Waals surface area contributed by atoms with Crippen molar-refractivity contribution in [2.75, 3.05) is 11.1 Å². The number of nitrogen functional groups attached to an aromatic ring is 1. The second kappa shape index (κ2) is 4.03. The quantitative estimate of drug-likeness (QED) is 0.888. The molecule has 0 saturated heterocycles. The van der Waals surface area contributed by atoms with Gasteiger partial charge in [-0.3, -0.25) is 10.1 Å². The zero-order valence-electron chi connectivity index (χ0n) is 7.36. The highest BCUT2D eigenvalue weighted by Crippen LogP contribution is 2.19. The molecule has 3 N–H and O–H groups in total. The van der Waals surface area contributed by atoms with Gasteiger partial charge in [-0.1, -0.05) is 0 Å². The SMILES string of the molecule is Nc1csc(NC(=O)c2ccc(Br)o2)n1. The fraction of sp³-hybridized carbons (Fsp3) is 0. The van der Waals surface area contributed by atoms with E-state index >= 15 is 0 Å². The first-order valence-corrected chi connectivity index (χ1v) is 5.60. The third-order valence-electron chi connectivity index (χ3n) is 1.54. The predicted molar refractivity (Wildman–Crippen MR) is 60.9 cm³/mol. The van der Waals surface area contributed by atoms with Gasteiger partial charge in [0.2, 0.25) is 0 Å². The normalized spacial score (nSPS) is 10.2. The molecule has 1 amide bonds. The zero-order chi connectivity index (χ0) is 10.8. The number of carbonyl (C=O) groups is 1. The molecule has 7 heteroatoms. The standard InChI is InChI=1S/C8H6BrN3O2S/c9-5-2-1-4(14-5)7(13)12-8-11-6(10)3-15-8/h1-3H,10H2,(H,11,12,13). The van der Waals surface area contributed by atoms with E-state index < -0.39 is 0 Å². The summed E-state index contributed by atoms with van der Waals surface area (Å²) in [5, 5.41) is 4.66. The number of nitrogens with one attached hydrogen (secondary N) is 1. The average Bonchev–Trinajstić information content (AvgIpc) is 2.75. The van der Waals surface area contributed by atoms with Crippen LogP contribution >= 0.6 is 27.3 Å². The number of halogens is 1. The number of thiazole rings is 1. The number of aromatic nitrogens is 1. The van der Waals surface area contributed by atoms with Crippen LogP contribution in [-0.4, -0.2) is 10.9 Å². The molecule has 0 aromatic carbocycles. The molecule has 0 aliphatic heterocycles. The summed E-state index contributed by atoms with van der Waals surface area (Å²) < 4.78 is 5.58. The highest BCUT2D eigenvalue weighted by atomic mass is 79.9. The van der Waals surface area contributed by atoms with Crippen molar-refractivity contribution in [3.05, 3.63) is 27.9 Å². The van der Waals surface area contributed by atoms with Crippen molar-refractivity contribution in [2.24, 2.45) is 0 Å². The molecule has 0 atom stereocenters. The van der Waals surface area contributed by atoms with Crippen LogP contribution in [0.1, 0.15) is 10.6 Å². The van der Waals surface area contributed by atoms with Crippen molar-refractivity contribution < 1.29 is 9.21 Å². The summed E-state index contributed by atoms with van der Waals surface area (Å²) in [6.07, 6.45) is 0. The van der Waals surface area contributed by atoms with Gasteiger partial charge < -0.3 is 10.2 Å². The molecular formula is C8H6BrN3O2S. The molecule has 5 nitrogen and oxygen atoms in total.